The number of hydrogen-bond donors (Lipinski definition) is 2. The lowest BCUT2D eigenvalue weighted by Crippen LogP contribution is -2.36. The van der Waals surface area contributed by atoms with Crippen LogP contribution in [0.4, 0.5) is 5.13 Å². The van der Waals surface area contributed by atoms with E-state index in [1.165, 1.54) is 16.9 Å². The number of aryl methyl sites for hydroxylation is 2. The van der Waals surface area contributed by atoms with Crippen LogP contribution in [0, 0.1) is 0 Å². The minimum absolute atomic E-state index is 0.209. The molecule has 0 aliphatic rings. The number of rotatable bonds is 6. The summed E-state index contributed by atoms with van der Waals surface area (Å²) in [6, 6.07) is 9.45. The minimum Gasteiger partial charge on any atom is -0.320 e. The van der Waals surface area contributed by atoms with Gasteiger partial charge in [-0.1, -0.05) is 48.6 Å². The van der Waals surface area contributed by atoms with Crippen molar-refractivity contribution in [3.63, 3.8) is 0 Å². The van der Waals surface area contributed by atoms with E-state index in [4.69, 9.17) is 5.73 Å². The van der Waals surface area contributed by atoms with Gasteiger partial charge in [-0.15, -0.1) is 10.2 Å². The number of nitrogens with zero attached hydrogens (tertiary/aromatic N) is 2. The summed E-state index contributed by atoms with van der Waals surface area (Å²) >= 11 is 1.38. The Morgan fingerprint density at radius 1 is 1.35 bits per heavy atom. The first-order chi connectivity index (χ1) is 9.69. The third-order valence-electron chi connectivity index (χ3n) is 2.92. The van der Waals surface area contributed by atoms with Gasteiger partial charge in [-0.3, -0.25) is 10.1 Å². The van der Waals surface area contributed by atoms with Crippen LogP contribution in [0.1, 0.15) is 23.9 Å². The van der Waals surface area contributed by atoms with Gasteiger partial charge in [-0.05, 0) is 24.8 Å². The van der Waals surface area contributed by atoms with E-state index in [0.29, 0.717) is 11.6 Å². The summed E-state index contributed by atoms with van der Waals surface area (Å²) in [5, 5.41) is 12.0. The highest BCUT2D eigenvalue weighted by Crippen LogP contribution is 2.15. The molecule has 1 atom stereocenters. The Balaban J connectivity index is 1.82. The molecule has 20 heavy (non-hydrogen) atoms. The number of aromatic nitrogens is 2. The molecule has 2 rings (SSSR count). The Bertz CT molecular complexity index is 555. The Labute approximate surface area is 122 Å². The van der Waals surface area contributed by atoms with Crippen molar-refractivity contribution in [1.29, 1.82) is 0 Å². The van der Waals surface area contributed by atoms with Gasteiger partial charge < -0.3 is 5.73 Å². The minimum atomic E-state index is -0.538. The SMILES string of the molecule is CCc1nnc(NC(=O)C(N)CCc2ccccc2)s1. The summed E-state index contributed by atoms with van der Waals surface area (Å²) < 4.78 is 0. The van der Waals surface area contributed by atoms with Crippen molar-refractivity contribution in [3.8, 4) is 0 Å². The van der Waals surface area contributed by atoms with Gasteiger partial charge in [0.25, 0.3) is 0 Å². The first kappa shape index (κ1) is 14.6. The topological polar surface area (TPSA) is 80.9 Å². The molecule has 0 saturated carbocycles. The summed E-state index contributed by atoms with van der Waals surface area (Å²) in [4.78, 5) is 11.9. The number of nitrogens with one attached hydrogen (secondary N) is 1. The van der Waals surface area contributed by atoms with E-state index in [1.807, 2.05) is 37.3 Å². The van der Waals surface area contributed by atoms with Crippen molar-refractivity contribution in [2.45, 2.75) is 32.2 Å². The average molecular weight is 290 g/mol. The van der Waals surface area contributed by atoms with Crippen LogP contribution < -0.4 is 11.1 Å². The van der Waals surface area contributed by atoms with Crippen molar-refractivity contribution < 1.29 is 4.79 Å². The largest absolute Gasteiger partial charge is 0.320 e. The van der Waals surface area contributed by atoms with E-state index < -0.39 is 6.04 Å². The fourth-order valence-electron chi connectivity index (χ4n) is 1.74. The molecule has 0 spiro atoms. The lowest BCUT2D eigenvalue weighted by atomic mass is 10.1. The molecule has 6 heteroatoms. The number of hydrogen-bond acceptors (Lipinski definition) is 5. The molecule has 3 N–H and O–H groups in total. The second-order valence-corrected chi connectivity index (χ2v) is 5.54. The van der Waals surface area contributed by atoms with Crippen LogP contribution >= 0.6 is 11.3 Å². The van der Waals surface area contributed by atoms with Gasteiger partial charge in [0.15, 0.2) is 0 Å². The van der Waals surface area contributed by atoms with Gasteiger partial charge in [-0.2, -0.15) is 0 Å². The normalized spacial score (nSPS) is 12.1. The number of benzene rings is 1. The summed E-state index contributed by atoms with van der Waals surface area (Å²) in [5.41, 5.74) is 7.08. The first-order valence-corrected chi connectivity index (χ1v) is 7.43. The Morgan fingerprint density at radius 3 is 2.75 bits per heavy atom. The van der Waals surface area contributed by atoms with Crippen molar-refractivity contribution in [3.05, 3.63) is 40.9 Å². The van der Waals surface area contributed by atoms with Crippen molar-refractivity contribution in [2.75, 3.05) is 5.32 Å². The maximum absolute atomic E-state index is 11.9. The number of amides is 1. The molecule has 5 nitrogen and oxygen atoms in total. The average Bonchev–Trinajstić information content (AvgIpc) is 2.93. The fraction of sp³-hybridized carbons (Fsp3) is 0.357. The van der Waals surface area contributed by atoms with Gasteiger partial charge in [0.1, 0.15) is 5.01 Å². The molecular formula is C14H18N4OS. The second kappa shape index (κ2) is 7.12. The molecule has 0 saturated heterocycles. The molecule has 0 radical (unpaired) electrons. The molecule has 1 unspecified atom stereocenters. The summed E-state index contributed by atoms with van der Waals surface area (Å²) in [6.45, 7) is 2.00. The zero-order valence-corrected chi connectivity index (χ0v) is 12.2. The standard InChI is InChI=1S/C14H18N4OS/c1-2-12-17-18-14(20-12)16-13(19)11(15)9-8-10-6-4-3-5-7-10/h3-7,11H,2,8-9,15H2,1H3,(H,16,18,19). The predicted molar refractivity (Wildman–Crippen MR) is 80.7 cm³/mol. The maximum atomic E-state index is 11.9. The van der Waals surface area contributed by atoms with E-state index in [2.05, 4.69) is 15.5 Å². The molecule has 1 aromatic heterocycles. The number of carbonyl (C=O) groups is 1. The summed E-state index contributed by atoms with van der Waals surface area (Å²) in [5.74, 6) is -0.209. The zero-order chi connectivity index (χ0) is 14.4. The van der Waals surface area contributed by atoms with E-state index in [1.54, 1.807) is 0 Å². The highest BCUT2D eigenvalue weighted by atomic mass is 32.1. The molecule has 0 aliphatic heterocycles. The smallest absolute Gasteiger partial charge is 0.243 e. The van der Waals surface area contributed by atoms with Crippen LogP contribution in [0.3, 0.4) is 0 Å². The van der Waals surface area contributed by atoms with Crippen LogP contribution in [-0.2, 0) is 17.6 Å². The Kier molecular flexibility index (Phi) is 5.20. The molecule has 2 aromatic rings. The van der Waals surface area contributed by atoms with Crippen LogP contribution in [0.25, 0.3) is 0 Å². The molecule has 0 bridgehead atoms. The molecule has 0 fully saturated rings. The van der Waals surface area contributed by atoms with Crippen molar-refractivity contribution in [1.82, 2.24) is 10.2 Å². The monoisotopic (exact) mass is 290 g/mol. The second-order valence-electron chi connectivity index (χ2n) is 4.47. The van der Waals surface area contributed by atoms with Crippen LogP contribution in [0.5, 0.6) is 0 Å². The molecule has 0 aliphatic carbocycles. The van der Waals surface area contributed by atoms with Gasteiger partial charge in [0.05, 0.1) is 6.04 Å². The van der Waals surface area contributed by atoms with E-state index in [-0.39, 0.29) is 5.91 Å². The maximum Gasteiger partial charge on any atom is 0.243 e. The third kappa shape index (κ3) is 4.11. The van der Waals surface area contributed by atoms with Gasteiger partial charge in [0, 0.05) is 0 Å². The fourth-order valence-corrected chi connectivity index (χ4v) is 2.43. The van der Waals surface area contributed by atoms with Crippen molar-refractivity contribution in [2.24, 2.45) is 5.73 Å². The van der Waals surface area contributed by atoms with Gasteiger partial charge in [0.2, 0.25) is 11.0 Å². The van der Waals surface area contributed by atoms with E-state index in [9.17, 15) is 4.79 Å². The Hall–Kier alpha value is -1.79. The van der Waals surface area contributed by atoms with Gasteiger partial charge >= 0.3 is 0 Å². The van der Waals surface area contributed by atoms with Crippen LogP contribution in [0.15, 0.2) is 30.3 Å². The number of nitrogens with two attached hydrogens (primary N) is 1. The molecule has 106 valence electrons. The molecule has 1 aromatic carbocycles. The quantitative estimate of drug-likeness (QED) is 0.852. The lowest BCUT2D eigenvalue weighted by Gasteiger charge is -2.10. The highest BCUT2D eigenvalue weighted by Gasteiger charge is 2.15. The lowest BCUT2D eigenvalue weighted by molar-refractivity contribution is -0.117. The first-order valence-electron chi connectivity index (χ1n) is 6.61. The van der Waals surface area contributed by atoms with Crippen LogP contribution in [0.2, 0.25) is 0 Å². The number of anilines is 1. The van der Waals surface area contributed by atoms with E-state index >= 15 is 0 Å². The molecule has 1 amide bonds. The zero-order valence-electron chi connectivity index (χ0n) is 11.4. The summed E-state index contributed by atoms with van der Waals surface area (Å²) in [6.07, 6.45) is 2.20. The third-order valence-corrected chi connectivity index (χ3v) is 3.91. The van der Waals surface area contributed by atoms with Gasteiger partial charge in [-0.25, -0.2) is 0 Å². The Morgan fingerprint density at radius 2 is 2.10 bits per heavy atom. The van der Waals surface area contributed by atoms with Crippen molar-refractivity contribution >= 4 is 22.4 Å². The van der Waals surface area contributed by atoms with E-state index in [0.717, 1.165) is 17.8 Å². The summed E-state index contributed by atoms with van der Waals surface area (Å²) in [7, 11) is 0. The highest BCUT2D eigenvalue weighted by molar-refractivity contribution is 7.15. The number of carbonyl (C=O) groups excluding carboxylic acids is 1. The molecular weight excluding hydrogens is 272 g/mol. The predicted octanol–water partition coefficient (Wildman–Crippen LogP) is 2.00. The van der Waals surface area contributed by atoms with Crippen LogP contribution in [-0.4, -0.2) is 22.1 Å². The molecule has 1 heterocycles.